The Kier molecular flexibility index (Phi) is 15.6. The van der Waals surface area contributed by atoms with Gasteiger partial charge in [-0.1, -0.05) is 140 Å². The fourth-order valence-electron chi connectivity index (χ4n) is 9.18. The summed E-state index contributed by atoms with van der Waals surface area (Å²) in [5.74, 6) is -0.699. The van der Waals surface area contributed by atoms with Gasteiger partial charge in [0.05, 0.1) is 37.9 Å². The summed E-state index contributed by atoms with van der Waals surface area (Å²) in [4.78, 5) is 15.4. The summed E-state index contributed by atoms with van der Waals surface area (Å²) < 4.78 is 66.9. The molecule has 2 aliphatic heterocycles. The molecule has 9 rings (SSSR count). The molecule has 1 N–H and O–H groups in total. The number of carbonyl (C=O) groups excluding carboxylic acids is 1. The van der Waals surface area contributed by atoms with E-state index < -0.39 is 48.5 Å². The Balaban J connectivity index is 0.932. The maximum atomic E-state index is 14.0. The number of anilines is 1. The molecule has 7 aromatic rings. The van der Waals surface area contributed by atoms with Crippen molar-refractivity contribution in [2.45, 2.75) is 75.5 Å². The molecular weight excluding hydrogens is 877 g/mol. The highest BCUT2D eigenvalue weighted by Crippen LogP contribution is 2.47. The number of nitrogens with zero attached hydrogens (tertiary/aromatic N) is 1. The zero-order valence-electron chi connectivity index (χ0n) is 38.3. The van der Waals surface area contributed by atoms with Crippen LogP contribution in [0.15, 0.2) is 188 Å². The lowest BCUT2D eigenvalue weighted by molar-refractivity contribution is -0.320. The number of aliphatic hydroxyl groups excluding tert-OH is 1. The molecule has 0 unspecified atom stereocenters. The first-order chi connectivity index (χ1) is 33.8. The summed E-state index contributed by atoms with van der Waals surface area (Å²) in [5.41, 5.74) is 6.91. The highest BCUT2D eigenvalue weighted by molar-refractivity contribution is 6.03. The first-order valence-corrected chi connectivity index (χ1v) is 23.3. The average molecular weight is 932 g/mol. The van der Waals surface area contributed by atoms with Crippen LogP contribution in [0.1, 0.15) is 52.8 Å². The van der Waals surface area contributed by atoms with Gasteiger partial charge in [-0.2, -0.15) is 0 Å². The average Bonchev–Trinajstić information content (AvgIpc) is 3.39. The van der Waals surface area contributed by atoms with Crippen LogP contribution in [0.25, 0.3) is 11.1 Å². The van der Waals surface area contributed by atoms with Gasteiger partial charge in [0.25, 0.3) is 0 Å². The fourth-order valence-corrected chi connectivity index (χ4v) is 9.18. The molecular formula is C58H55F2NO8. The zero-order chi connectivity index (χ0) is 47.5. The second kappa shape index (κ2) is 22.7. The summed E-state index contributed by atoms with van der Waals surface area (Å²) in [6.07, 6.45) is -3.46. The zero-order valence-corrected chi connectivity index (χ0v) is 38.3. The highest BCUT2D eigenvalue weighted by Gasteiger charge is 2.50. The minimum Gasteiger partial charge on any atom is -0.491 e. The number of benzene rings is 7. The summed E-state index contributed by atoms with van der Waals surface area (Å²) >= 11 is 0. The first kappa shape index (κ1) is 47.5. The van der Waals surface area contributed by atoms with Gasteiger partial charge in [0.2, 0.25) is 5.91 Å². The Bertz CT molecular complexity index is 2690. The van der Waals surface area contributed by atoms with Gasteiger partial charge in [0.1, 0.15) is 48.4 Å². The van der Waals surface area contributed by atoms with Crippen molar-refractivity contribution >= 4 is 11.6 Å². The molecule has 8 atom stereocenters. The van der Waals surface area contributed by atoms with E-state index in [-0.39, 0.29) is 24.4 Å². The van der Waals surface area contributed by atoms with E-state index in [2.05, 4.69) is 0 Å². The van der Waals surface area contributed by atoms with Crippen molar-refractivity contribution in [3.8, 4) is 16.9 Å². The van der Waals surface area contributed by atoms with Crippen LogP contribution in [0.2, 0.25) is 0 Å². The maximum Gasteiger partial charge on any atom is 0.233 e. The molecule has 0 bridgehead atoms. The topological polar surface area (TPSA) is 95.9 Å². The largest absolute Gasteiger partial charge is 0.491 e. The van der Waals surface area contributed by atoms with Crippen LogP contribution in [0.3, 0.4) is 0 Å². The molecule has 11 heteroatoms. The minimum atomic E-state index is -0.861. The van der Waals surface area contributed by atoms with Crippen molar-refractivity contribution in [3.63, 3.8) is 0 Å². The number of hydrogen-bond donors (Lipinski definition) is 1. The van der Waals surface area contributed by atoms with Gasteiger partial charge in [-0.3, -0.25) is 4.79 Å². The van der Waals surface area contributed by atoms with Gasteiger partial charge in [-0.25, -0.2) is 8.78 Å². The molecule has 0 radical (unpaired) electrons. The normalized spacial score (nSPS) is 21.7. The molecule has 2 fully saturated rings. The van der Waals surface area contributed by atoms with E-state index >= 15 is 0 Å². The number of aliphatic hydroxyl groups is 1. The number of carbonyl (C=O) groups is 1. The number of β-lactam (4-membered cyclic amide) rings is 1. The van der Waals surface area contributed by atoms with Gasteiger partial charge in [-0.15, -0.1) is 0 Å². The molecule has 0 spiro atoms. The Morgan fingerprint density at radius 2 is 1.16 bits per heavy atom. The van der Waals surface area contributed by atoms with E-state index in [4.69, 9.17) is 28.4 Å². The Morgan fingerprint density at radius 1 is 0.609 bits per heavy atom. The van der Waals surface area contributed by atoms with Crippen LogP contribution in [-0.4, -0.2) is 55.4 Å². The molecule has 9 nitrogen and oxygen atoms in total. The third-order valence-electron chi connectivity index (χ3n) is 12.8. The quantitative estimate of drug-likeness (QED) is 0.0755. The van der Waals surface area contributed by atoms with Crippen LogP contribution in [0.4, 0.5) is 14.5 Å². The number of rotatable bonds is 20. The molecule has 1 amide bonds. The van der Waals surface area contributed by atoms with E-state index in [1.54, 1.807) is 36.3 Å². The number of methoxy groups -OCH3 is 1. The number of ether oxygens (including phenoxy) is 6. The molecule has 0 aliphatic carbocycles. The minimum absolute atomic E-state index is 0.109. The van der Waals surface area contributed by atoms with Crippen molar-refractivity contribution in [1.82, 2.24) is 0 Å². The van der Waals surface area contributed by atoms with Crippen molar-refractivity contribution in [2.24, 2.45) is 5.92 Å². The standard InChI is InChI=1S/C58H55F2NO8/c1-64-58-56(68-37-41-16-9-4-10-17-41)55(67-36-40-14-7-3-8-15-40)54(66-35-39-12-5-2-6-13-39)52(69-58)38-65-49-19-11-18-45(34-49)42-20-22-44(23-21-42)53-50(32-33-51(62)43-24-26-46(59)27-25-43)57(63)61(53)48-30-28-47(60)29-31-48/h2-31,34,50-56,58,62H,32-33,35-38H2,1H3/t50-,51+,52-,53-,54-,55+,56-,58+/m1/s1. The SMILES string of the molecule is CO[C@H]1O[C@H](COc2cccc(-c3ccc([C@@H]4[C@@H](CC[C@H](O)c5ccc(F)cc5)C(=O)N4c4ccc(F)cc4)cc3)c2)[C@@H](OCc2ccccc2)[C@H](OCc2ccccc2)[C@H]1OCc1ccccc1. The molecule has 7 aromatic carbocycles. The third-order valence-corrected chi connectivity index (χ3v) is 12.8. The lowest BCUT2D eigenvalue weighted by atomic mass is 9.78. The number of hydrogen-bond acceptors (Lipinski definition) is 8. The molecule has 69 heavy (non-hydrogen) atoms. The predicted molar refractivity (Wildman–Crippen MR) is 259 cm³/mol. The van der Waals surface area contributed by atoms with Crippen molar-refractivity contribution in [1.29, 1.82) is 0 Å². The van der Waals surface area contributed by atoms with Crippen LogP contribution in [-0.2, 0) is 48.3 Å². The lowest BCUT2D eigenvalue weighted by Crippen LogP contribution is -2.61. The second-order valence-electron chi connectivity index (χ2n) is 17.4. The van der Waals surface area contributed by atoms with E-state index in [9.17, 15) is 18.7 Å². The van der Waals surface area contributed by atoms with Crippen molar-refractivity contribution in [3.05, 3.63) is 228 Å². The van der Waals surface area contributed by atoms with Crippen molar-refractivity contribution < 1.29 is 47.1 Å². The lowest BCUT2D eigenvalue weighted by Gasteiger charge is -2.48. The van der Waals surface area contributed by atoms with E-state index in [1.807, 2.05) is 140 Å². The third kappa shape index (κ3) is 11.7. The predicted octanol–water partition coefficient (Wildman–Crippen LogP) is 11.4. The molecule has 2 aliphatic rings. The van der Waals surface area contributed by atoms with Gasteiger partial charge in [0.15, 0.2) is 6.29 Å². The highest BCUT2D eigenvalue weighted by atomic mass is 19.1. The fraction of sp³-hybridized carbons (Fsp3) is 0.259. The molecule has 354 valence electrons. The van der Waals surface area contributed by atoms with E-state index in [0.29, 0.717) is 49.7 Å². The Hall–Kier alpha value is -6.57. The Morgan fingerprint density at radius 3 is 1.74 bits per heavy atom. The van der Waals surface area contributed by atoms with E-state index in [1.165, 1.54) is 24.3 Å². The van der Waals surface area contributed by atoms with Gasteiger partial charge in [-0.05, 0) is 100 Å². The summed E-state index contributed by atoms with van der Waals surface area (Å²) in [6, 6.07) is 57.0. The Labute approximate surface area is 401 Å². The van der Waals surface area contributed by atoms with Crippen LogP contribution < -0.4 is 9.64 Å². The van der Waals surface area contributed by atoms with Crippen LogP contribution in [0.5, 0.6) is 5.75 Å². The summed E-state index contributed by atoms with van der Waals surface area (Å²) in [7, 11) is 1.60. The maximum absolute atomic E-state index is 14.0. The molecule has 0 saturated carbocycles. The molecule has 2 heterocycles. The van der Waals surface area contributed by atoms with Crippen molar-refractivity contribution in [2.75, 3.05) is 18.6 Å². The van der Waals surface area contributed by atoms with Crippen LogP contribution >= 0.6 is 0 Å². The first-order valence-electron chi connectivity index (χ1n) is 23.3. The van der Waals surface area contributed by atoms with Crippen LogP contribution in [0, 0.1) is 17.6 Å². The monoisotopic (exact) mass is 931 g/mol. The summed E-state index contributed by atoms with van der Waals surface area (Å²) in [5, 5.41) is 10.9. The number of halogens is 2. The second-order valence-corrected chi connectivity index (χ2v) is 17.4. The smallest absolute Gasteiger partial charge is 0.233 e. The molecule has 2 saturated heterocycles. The van der Waals surface area contributed by atoms with Gasteiger partial charge < -0.3 is 38.4 Å². The van der Waals surface area contributed by atoms with Gasteiger partial charge >= 0.3 is 0 Å². The summed E-state index contributed by atoms with van der Waals surface area (Å²) in [6.45, 7) is 1.05. The van der Waals surface area contributed by atoms with Gasteiger partial charge in [0, 0.05) is 12.8 Å². The van der Waals surface area contributed by atoms with E-state index in [0.717, 1.165) is 33.4 Å². The number of amides is 1. The molecule has 0 aromatic heterocycles.